The summed E-state index contributed by atoms with van der Waals surface area (Å²) in [4.78, 5) is 27.9. The Labute approximate surface area is 134 Å². The molecule has 1 rings (SSSR count). The monoisotopic (exact) mass is 338 g/mol. The molecule has 0 saturated carbocycles. The van der Waals surface area contributed by atoms with Gasteiger partial charge in [0.25, 0.3) is 0 Å². The maximum Gasteiger partial charge on any atom is 0.406 e. The highest BCUT2D eigenvalue weighted by atomic mass is 19.4. The van der Waals surface area contributed by atoms with Gasteiger partial charge in [-0.3, -0.25) is 19.4 Å². The fraction of sp³-hybridized carbons (Fsp3) is 0.857. The number of hydrogen-bond donors (Lipinski definition) is 1. The van der Waals surface area contributed by atoms with E-state index in [-0.39, 0.29) is 18.5 Å². The Balaban J connectivity index is 2.31. The highest BCUT2D eigenvalue weighted by Gasteiger charge is 2.31. The van der Waals surface area contributed by atoms with Gasteiger partial charge in [0.05, 0.1) is 13.1 Å². The first-order valence-corrected chi connectivity index (χ1v) is 7.61. The summed E-state index contributed by atoms with van der Waals surface area (Å²) in [6, 6.07) is 0.0885. The van der Waals surface area contributed by atoms with E-state index in [4.69, 9.17) is 0 Å². The molecule has 0 aliphatic carbocycles. The fourth-order valence-electron chi connectivity index (χ4n) is 2.35. The Kier molecular flexibility index (Phi) is 7.27. The molecule has 0 unspecified atom stereocenters. The molecule has 1 N–H and O–H groups in total. The molecule has 0 aromatic rings. The predicted octanol–water partition coefficient (Wildman–Crippen LogP) is 0.149. The normalized spacial score (nSPS) is 17.3. The Bertz CT molecular complexity index is 407. The number of carbonyl (C=O) groups is 2. The predicted molar refractivity (Wildman–Crippen MR) is 79.9 cm³/mol. The van der Waals surface area contributed by atoms with Crippen molar-refractivity contribution in [3.8, 4) is 0 Å². The average molecular weight is 338 g/mol. The maximum atomic E-state index is 12.3. The van der Waals surface area contributed by atoms with Gasteiger partial charge in [-0.05, 0) is 13.8 Å². The molecular formula is C14H25F3N4O2. The molecule has 0 spiro atoms. The lowest BCUT2D eigenvalue weighted by atomic mass is 10.3. The van der Waals surface area contributed by atoms with Crippen molar-refractivity contribution in [2.24, 2.45) is 0 Å². The molecule has 23 heavy (non-hydrogen) atoms. The Morgan fingerprint density at radius 3 is 2.00 bits per heavy atom. The lowest BCUT2D eigenvalue weighted by molar-refractivity contribution is -0.159. The zero-order valence-corrected chi connectivity index (χ0v) is 13.8. The third-order valence-corrected chi connectivity index (χ3v) is 3.48. The van der Waals surface area contributed by atoms with Crippen LogP contribution in [0.2, 0.25) is 0 Å². The van der Waals surface area contributed by atoms with Gasteiger partial charge in [-0.15, -0.1) is 0 Å². The van der Waals surface area contributed by atoms with Gasteiger partial charge < -0.3 is 10.2 Å². The van der Waals surface area contributed by atoms with Crippen LogP contribution in [0.1, 0.15) is 13.8 Å². The first kappa shape index (κ1) is 19.7. The van der Waals surface area contributed by atoms with E-state index in [0.29, 0.717) is 37.6 Å². The summed E-state index contributed by atoms with van der Waals surface area (Å²) in [6.07, 6.45) is -4.38. The van der Waals surface area contributed by atoms with Gasteiger partial charge in [0.1, 0.15) is 6.54 Å². The van der Waals surface area contributed by atoms with Gasteiger partial charge >= 0.3 is 6.18 Å². The van der Waals surface area contributed by atoms with Crippen molar-refractivity contribution in [3.05, 3.63) is 0 Å². The van der Waals surface area contributed by atoms with Crippen LogP contribution < -0.4 is 5.32 Å². The van der Waals surface area contributed by atoms with Crippen LogP contribution >= 0.6 is 0 Å². The third-order valence-electron chi connectivity index (χ3n) is 3.48. The van der Waals surface area contributed by atoms with Crippen LogP contribution in [0.4, 0.5) is 13.2 Å². The molecule has 2 amide bonds. The van der Waals surface area contributed by atoms with Crippen LogP contribution in [0.3, 0.4) is 0 Å². The molecule has 0 radical (unpaired) electrons. The number of nitrogens with one attached hydrogen (secondary N) is 1. The van der Waals surface area contributed by atoms with E-state index >= 15 is 0 Å². The van der Waals surface area contributed by atoms with Crippen molar-refractivity contribution in [2.45, 2.75) is 26.1 Å². The topological polar surface area (TPSA) is 55.9 Å². The highest BCUT2D eigenvalue weighted by Crippen LogP contribution is 2.15. The van der Waals surface area contributed by atoms with Crippen molar-refractivity contribution in [2.75, 3.05) is 52.9 Å². The van der Waals surface area contributed by atoms with E-state index in [9.17, 15) is 22.8 Å². The fourth-order valence-corrected chi connectivity index (χ4v) is 2.35. The first-order valence-electron chi connectivity index (χ1n) is 7.61. The van der Waals surface area contributed by atoms with Gasteiger partial charge in [-0.2, -0.15) is 13.2 Å². The summed E-state index contributed by atoms with van der Waals surface area (Å²) in [6.45, 7) is 5.15. The van der Waals surface area contributed by atoms with E-state index in [0.717, 1.165) is 7.05 Å². The minimum absolute atomic E-state index is 0.0292. The number of likely N-dealkylation sites (N-methyl/N-ethyl adjacent to an activating group) is 1. The minimum Gasteiger partial charge on any atom is -0.353 e. The number of rotatable bonds is 6. The van der Waals surface area contributed by atoms with Gasteiger partial charge in [-0.25, -0.2) is 0 Å². The zero-order chi connectivity index (χ0) is 17.6. The summed E-state index contributed by atoms with van der Waals surface area (Å²) in [5.41, 5.74) is 0. The molecule has 1 heterocycles. The average Bonchev–Trinajstić information content (AvgIpc) is 2.38. The number of amides is 2. The van der Waals surface area contributed by atoms with Crippen molar-refractivity contribution in [1.82, 2.24) is 20.0 Å². The van der Waals surface area contributed by atoms with Crippen LogP contribution in [0.25, 0.3) is 0 Å². The van der Waals surface area contributed by atoms with Gasteiger partial charge in [0, 0.05) is 39.3 Å². The molecule has 0 aromatic heterocycles. The van der Waals surface area contributed by atoms with E-state index < -0.39 is 18.6 Å². The third kappa shape index (κ3) is 8.17. The quantitative estimate of drug-likeness (QED) is 0.749. The lowest BCUT2D eigenvalue weighted by Crippen LogP contribution is -2.52. The van der Waals surface area contributed by atoms with Crippen LogP contribution in [0.15, 0.2) is 0 Å². The van der Waals surface area contributed by atoms with Crippen LogP contribution in [0, 0.1) is 0 Å². The zero-order valence-electron chi connectivity index (χ0n) is 13.8. The second-order valence-corrected chi connectivity index (χ2v) is 6.14. The van der Waals surface area contributed by atoms with Gasteiger partial charge in [-0.1, -0.05) is 0 Å². The van der Waals surface area contributed by atoms with Crippen LogP contribution in [-0.2, 0) is 9.59 Å². The van der Waals surface area contributed by atoms with Crippen molar-refractivity contribution >= 4 is 11.8 Å². The molecule has 6 nitrogen and oxygen atoms in total. The summed E-state index contributed by atoms with van der Waals surface area (Å²) in [5.74, 6) is -0.595. The standard InChI is InChI=1S/C14H25F3N4O2/c1-11(2)18-12(22)8-20-4-6-21(7-5-20)9-13(23)19(3)10-14(15,16)17/h11H,4-10H2,1-3H3,(H,18,22). The van der Waals surface area contributed by atoms with Gasteiger partial charge in [0.15, 0.2) is 0 Å². The van der Waals surface area contributed by atoms with Crippen LogP contribution in [-0.4, -0.2) is 91.6 Å². The molecule has 134 valence electrons. The Hall–Kier alpha value is -1.35. The summed E-state index contributed by atoms with van der Waals surface area (Å²) < 4.78 is 36.8. The lowest BCUT2D eigenvalue weighted by Gasteiger charge is -2.34. The summed E-state index contributed by atoms with van der Waals surface area (Å²) >= 11 is 0. The maximum absolute atomic E-state index is 12.3. The molecule has 0 bridgehead atoms. The molecular weight excluding hydrogens is 313 g/mol. The van der Waals surface area contributed by atoms with Crippen LogP contribution in [0.5, 0.6) is 0 Å². The smallest absolute Gasteiger partial charge is 0.353 e. The molecule has 0 atom stereocenters. The highest BCUT2D eigenvalue weighted by molar-refractivity contribution is 5.78. The molecule has 9 heteroatoms. The number of alkyl halides is 3. The van der Waals surface area contributed by atoms with E-state index in [1.807, 2.05) is 23.6 Å². The van der Waals surface area contributed by atoms with E-state index in [1.165, 1.54) is 0 Å². The SMILES string of the molecule is CC(C)NC(=O)CN1CCN(CC(=O)N(C)CC(F)(F)F)CC1. The van der Waals surface area contributed by atoms with Crippen molar-refractivity contribution in [1.29, 1.82) is 0 Å². The molecule has 1 aliphatic rings. The number of hydrogen-bond acceptors (Lipinski definition) is 4. The minimum atomic E-state index is -4.38. The second-order valence-electron chi connectivity index (χ2n) is 6.14. The summed E-state index contributed by atoms with van der Waals surface area (Å²) in [7, 11) is 1.16. The molecule has 0 aromatic carbocycles. The molecule has 1 aliphatic heterocycles. The van der Waals surface area contributed by atoms with Gasteiger partial charge in [0.2, 0.25) is 11.8 Å². The molecule has 1 saturated heterocycles. The molecule has 1 fully saturated rings. The first-order chi connectivity index (χ1) is 10.6. The van der Waals surface area contributed by atoms with Crippen molar-refractivity contribution < 1.29 is 22.8 Å². The largest absolute Gasteiger partial charge is 0.406 e. The number of halogens is 3. The number of nitrogens with zero attached hydrogens (tertiary/aromatic N) is 3. The van der Waals surface area contributed by atoms with Crippen molar-refractivity contribution in [3.63, 3.8) is 0 Å². The number of piperazine rings is 1. The Morgan fingerprint density at radius 2 is 1.57 bits per heavy atom. The second kappa shape index (κ2) is 8.49. The summed E-state index contributed by atoms with van der Waals surface area (Å²) in [5, 5.41) is 2.81. The van der Waals surface area contributed by atoms with E-state index in [1.54, 1.807) is 0 Å². The van der Waals surface area contributed by atoms with E-state index in [2.05, 4.69) is 5.32 Å². The Morgan fingerprint density at radius 1 is 1.09 bits per heavy atom. The number of carbonyl (C=O) groups excluding carboxylic acids is 2.